The van der Waals surface area contributed by atoms with E-state index in [2.05, 4.69) is 5.32 Å². The number of hydrogen-bond acceptors (Lipinski definition) is 3. The van der Waals surface area contributed by atoms with Gasteiger partial charge in [0.05, 0.1) is 34.1 Å². The maximum atomic E-state index is 13.1. The maximum absolute atomic E-state index is 13.1. The summed E-state index contributed by atoms with van der Waals surface area (Å²) in [6, 6.07) is 6.89. The molecule has 0 aliphatic carbocycles. The Morgan fingerprint density at radius 2 is 1.90 bits per heavy atom. The zero-order valence-electron chi connectivity index (χ0n) is 10.9. The topological polar surface area (TPSA) is 64.3 Å². The predicted octanol–water partition coefficient (Wildman–Crippen LogP) is 3.98. The Morgan fingerprint density at radius 1 is 1.29 bits per heavy atom. The molecule has 2 aromatic carbocycles. The molecule has 0 aliphatic rings. The van der Waals surface area contributed by atoms with E-state index < -0.39 is 11.7 Å². The summed E-state index contributed by atoms with van der Waals surface area (Å²) in [5, 5.41) is 2.50. The second-order valence-electron chi connectivity index (χ2n) is 4.12. The molecule has 0 fully saturated rings. The van der Waals surface area contributed by atoms with Crippen LogP contribution in [0.3, 0.4) is 0 Å². The predicted molar refractivity (Wildman–Crippen MR) is 81.8 cm³/mol. The number of carbonyl (C=O) groups is 1. The first-order valence-corrected chi connectivity index (χ1v) is 6.58. The van der Waals surface area contributed by atoms with Gasteiger partial charge in [-0.1, -0.05) is 29.3 Å². The van der Waals surface area contributed by atoms with Gasteiger partial charge in [-0.2, -0.15) is 0 Å². The molecule has 0 aliphatic heterocycles. The molecule has 0 saturated carbocycles. The van der Waals surface area contributed by atoms with Crippen molar-refractivity contribution in [3.8, 4) is 5.75 Å². The Kier molecular flexibility index (Phi) is 4.55. The lowest BCUT2D eigenvalue weighted by atomic mass is 10.1. The summed E-state index contributed by atoms with van der Waals surface area (Å²) in [7, 11) is 1.45. The Bertz CT molecular complexity index is 684. The van der Waals surface area contributed by atoms with E-state index >= 15 is 0 Å². The molecule has 110 valence electrons. The molecular formula is C14H11Cl2FN2O2. The first-order chi connectivity index (χ1) is 9.93. The third-order valence-electron chi connectivity index (χ3n) is 2.78. The summed E-state index contributed by atoms with van der Waals surface area (Å²) >= 11 is 11.7. The van der Waals surface area contributed by atoms with Crippen molar-refractivity contribution in [2.75, 3.05) is 18.2 Å². The summed E-state index contributed by atoms with van der Waals surface area (Å²) in [6.45, 7) is 0. The quantitative estimate of drug-likeness (QED) is 0.837. The molecule has 0 spiro atoms. The number of rotatable bonds is 3. The number of carbonyl (C=O) groups excluding carboxylic acids is 1. The minimum atomic E-state index is -0.594. The van der Waals surface area contributed by atoms with Crippen LogP contribution in [0.2, 0.25) is 10.0 Å². The fraction of sp³-hybridized carbons (Fsp3) is 0.0714. The number of hydrogen-bond donors (Lipinski definition) is 2. The number of halogens is 3. The van der Waals surface area contributed by atoms with E-state index in [-0.39, 0.29) is 27.0 Å². The van der Waals surface area contributed by atoms with Crippen molar-refractivity contribution in [2.24, 2.45) is 0 Å². The highest BCUT2D eigenvalue weighted by atomic mass is 35.5. The smallest absolute Gasteiger partial charge is 0.257 e. The second-order valence-corrected chi connectivity index (χ2v) is 4.93. The van der Waals surface area contributed by atoms with Crippen molar-refractivity contribution in [3.63, 3.8) is 0 Å². The van der Waals surface area contributed by atoms with Crippen LogP contribution in [0.5, 0.6) is 5.75 Å². The average Bonchev–Trinajstić information content (AvgIpc) is 2.42. The van der Waals surface area contributed by atoms with Crippen molar-refractivity contribution >= 4 is 40.5 Å². The lowest BCUT2D eigenvalue weighted by molar-refractivity contribution is 0.102. The Labute approximate surface area is 130 Å². The minimum Gasteiger partial charge on any atom is -0.495 e. The number of nitrogen functional groups attached to an aromatic ring is 1. The van der Waals surface area contributed by atoms with E-state index in [0.717, 1.165) is 12.1 Å². The molecule has 3 N–H and O–H groups in total. The zero-order chi connectivity index (χ0) is 15.6. The van der Waals surface area contributed by atoms with Gasteiger partial charge in [0, 0.05) is 0 Å². The van der Waals surface area contributed by atoms with Gasteiger partial charge in [0.2, 0.25) is 0 Å². The van der Waals surface area contributed by atoms with E-state index in [0.29, 0.717) is 5.75 Å². The lowest BCUT2D eigenvalue weighted by Gasteiger charge is -2.12. The van der Waals surface area contributed by atoms with Crippen LogP contribution in [0.15, 0.2) is 30.3 Å². The maximum Gasteiger partial charge on any atom is 0.257 e. The molecule has 4 nitrogen and oxygen atoms in total. The largest absolute Gasteiger partial charge is 0.495 e. The van der Waals surface area contributed by atoms with Gasteiger partial charge in [-0.3, -0.25) is 4.79 Å². The monoisotopic (exact) mass is 328 g/mol. The molecule has 2 aromatic rings. The third-order valence-corrected chi connectivity index (χ3v) is 3.37. The van der Waals surface area contributed by atoms with E-state index in [1.165, 1.54) is 13.2 Å². The van der Waals surface area contributed by atoms with Gasteiger partial charge in [0.25, 0.3) is 5.91 Å². The summed E-state index contributed by atoms with van der Waals surface area (Å²) in [4.78, 5) is 12.2. The number of nitrogens with two attached hydrogens (primary N) is 1. The Morgan fingerprint density at radius 3 is 2.48 bits per heavy atom. The van der Waals surface area contributed by atoms with Gasteiger partial charge in [-0.25, -0.2) is 4.39 Å². The number of para-hydroxylation sites is 1. The molecule has 0 aromatic heterocycles. The summed E-state index contributed by atoms with van der Waals surface area (Å²) < 4.78 is 18.2. The SMILES string of the molecule is COc1cccc(C(=O)Nc2c(Cl)cc(F)cc2Cl)c1N. The van der Waals surface area contributed by atoms with Gasteiger partial charge >= 0.3 is 0 Å². The number of nitrogens with one attached hydrogen (secondary N) is 1. The number of anilines is 2. The van der Waals surface area contributed by atoms with Gasteiger partial charge in [0.15, 0.2) is 0 Å². The molecule has 0 bridgehead atoms. The van der Waals surface area contributed by atoms with E-state index in [9.17, 15) is 9.18 Å². The van der Waals surface area contributed by atoms with Gasteiger partial charge < -0.3 is 15.8 Å². The fourth-order valence-corrected chi connectivity index (χ4v) is 2.32. The van der Waals surface area contributed by atoms with Crippen LogP contribution in [0.25, 0.3) is 0 Å². The number of ether oxygens (including phenoxy) is 1. The van der Waals surface area contributed by atoms with Crippen LogP contribution < -0.4 is 15.8 Å². The minimum absolute atomic E-state index is 0.00480. The van der Waals surface area contributed by atoms with Crippen molar-refractivity contribution in [1.29, 1.82) is 0 Å². The lowest BCUT2D eigenvalue weighted by Crippen LogP contribution is -2.15. The Balaban J connectivity index is 2.35. The summed E-state index contributed by atoms with van der Waals surface area (Å²) in [5.74, 6) is -0.746. The first-order valence-electron chi connectivity index (χ1n) is 5.82. The highest BCUT2D eigenvalue weighted by Crippen LogP contribution is 2.32. The van der Waals surface area contributed by atoms with Crippen LogP contribution in [0, 0.1) is 5.82 Å². The van der Waals surface area contributed by atoms with E-state index in [4.69, 9.17) is 33.7 Å². The first kappa shape index (κ1) is 15.4. The number of methoxy groups -OCH3 is 1. The average molecular weight is 329 g/mol. The molecule has 7 heteroatoms. The molecule has 0 heterocycles. The van der Waals surface area contributed by atoms with Crippen LogP contribution in [0.4, 0.5) is 15.8 Å². The summed E-state index contributed by atoms with van der Waals surface area (Å²) in [6.07, 6.45) is 0. The van der Waals surface area contributed by atoms with Gasteiger partial charge in [-0.05, 0) is 24.3 Å². The highest BCUT2D eigenvalue weighted by Gasteiger charge is 2.16. The van der Waals surface area contributed by atoms with Crippen molar-refractivity contribution < 1.29 is 13.9 Å². The molecule has 0 radical (unpaired) electrons. The van der Waals surface area contributed by atoms with Crippen LogP contribution in [-0.2, 0) is 0 Å². The molecule has 0 atom stereocenters. The van der Waals surface area contributed by atoms with Crippen LogP contribution in [0.1, 0.15) is 10.4 Å². The molecule has 2 rings (SSSR count). The Hall–Kier alpha value is -1.98. The summed E-state index contributed by atoms with van der Waals surface area (Å²) in [5.41, 5.74) is 6.34. The zero-order valence-corrected chi connectivity index (χ0v) is 12.4. The molecule has 0 unspecified atom stereocenters. The molecule has 0 saturated heterocycles. The number of benzene rings is 2. The standard InChI is InChI=1S/C14H11Cl2FN2O2/c1-21-11-4-2-3-8(12(11)18)14(20)19-13-9(15)5-7(17)6-10(13)16/h2-6H,18H2,1H3,(H,19,20). The van der Waals surface area contributed by atoms with Gasteiger partial charge in [0.1, 0.15) is 11.6 Å². The molecule has 1 amide bonds. The normalized spacial score (nSPS) is 10.3. The number of amides is 1. The van der Waals surface area contributed by atoms with Crippen molar-refractivity contribution in [1.82, 2.24) is 0 Å². The highest BCUT2D eigenvalue weighted by molar-refractivity contribution is 6.40. The third kappa shape index (κ3) is 3.20. The van der Waals surface area contributed by atoms with Crippen LogP contribution in [-0.4, -0.2) is 13.0 Å². The molecular weight excluding hydrogens is 318 g/mol. The second kappa shape index (κ2) is 6.20. The van der Waals surface area contributed by atoms with E-state index in [1.807, 2.05) is 0 Å². The van der Waals surface area contributed by atoms with Crippen LogP contribution >= 0.6 is 23.2 Å². The fourth-order valence-electron chi connectivity index (χ4n) is 1.76. The van der Waals surface area contributed by atoms with Gasteiger partial charge in [-0.15, -0.1) is 0 Å². The van der Waals surface area contributed by atoms with Crippen molar-refractivity contribution in [2.45, 2.75) is 0 Å². The van der Waals surface area contributed by atoms with E-state index in [1.54, 1.807) is 12.1 Å². The molecule has 21 heavy (non-hydrogen) atoms. The van der Waals surface area contributed by atoms with Crippen molar-refractivity contribution in [3.05, 3.63) is 51.8 Å².